The summed E-state index contributed by atoms with van der Waals surface area (Å²) in [7, 11) is 0. The first-order chi connectivity index (χ1) is 8.54. The summed E-state index contributed by atoms with van der Waals surface area (Å²) < 4.78 is 3.03. The topological polar surface area (TPSA) is 65.1 Å². The van der Waals surface area contributed by atoms with E-state index in [1.807, 2.05) is 0 Å². The first kappa shape index (κ1) is 13.0. The Morgan fingerprint density at radius 1 is 1.22 bits per heavy atom. The standard InChI is InChI=1S/C11H6Br2N2O3/c12-9-5-14(10(6-16)11(9)13)7-1-3-8(4-2-7)15(17)18/h1-6H. The number of hydrogen-bond donors (Lipinski definition) is 0. The third-order valence-corrected chi connectivity index (χ3v) is 4.35. The minimum Gasteiger partial charge on any atom is -0.312 e. The highest BCUT2D eigenvalue weighted by Gasteiger charge is 2.13. The van der Waals surface area contributed by atoms with Gasteiger partial charge >= 0.3 is 0 Å². The van der Waals surface area contributed by atoms with Crippen molar-refractivity contribution in [2.45, 2.75) is 0 Å². The van der Waals surface area contributed by atoms with E-state index in [-0.39, 0.29) is 5.69 Å². The Morgan fingerprint density at radius 2 is 1.83 bits per heavy atom. The monoisotopic (exact) mass is 372 g/mol. The summed E-state index contributed by atoms with van der Waals surface area (Å²) in [5, 5.41) is 10.6. The van der Waals surface area contributed by atoms with Gasteiger partial charge in [-0.25, -0.2) is 0 Å². The summed E-state index contributed by atoms with van der Waals surface area (Å²) in [6, 6.07) is 5.96. The van der Waals surface area contributed by atoms with Crippen molar-refractivity contribution in [2.75, 3.05) is 0 Å². The van der Waals surface area contributed by atoms with Crippen LogP contribution >= 0.6 is 31.9 Å². The molecule has 18 heavy (non-hydrogen) atoms. The van der Waals surface area contributed by atoms with Crippen LogP contribution in [0.3, 0.4) is 0 Å². The van der Waals surface area contributed by atoms with Crippen molar-refractivity contribution in [1.29, 1.82) is 0 Å². The van der Waals surface area contributed by atoms with E-state index >= 15 is 0 Å². The van der Waals surface area contributed by atoms with Gasteiger partial charge in [0.2, 0.25) is 0 Å². The molecule has 0 aliphatic carbocycles. The number of hydrogen-bond acceptors (Lipinski definition) is 3. The predicted octanol–water partition coefficient (Wildman–Crippen LogP) is 3.72. The number of nitro groups is 1. The van der Waals surface area contributed by atoms with Crippen LogP contribution in [0, 0.1) is 10.1 Å². The minimum absolute atomic E-state index is 0.0108. The Hall–Kier alpha value is -1.47. The van der Waals surface area contributed by atoms with Crippen LogP contribution in [0.25, 0.3) is 5.69 Å². The second kappa shape index (κ2) is 5.03. The summed E-state index contributed by atoms with van der Waals surface area (Å²) >= 11 is 6.60. The fourth-order valence-electron chi connectivity index (χ4n) is 1.52. The molecule has 1 aromatic carbocycles. The molecular formula is C11H6Br2N2O3. The van der Waals surface area contributed by atoms with Crippen LogP contribution in [-0.4, -0.2) is 15.8 Å². The largest absolute Gasteiger partial charge is 0.312 e. The SMILES string of the molecule is O=Cc1c(Br)c(Br)cn1-c1ccc([N+](=O)[O-])cc1. The quantitative estimate of drug-likeness (QED) is 0.467. The zero-order valence-electron chi connectivity index (χ0n) is 8.84. The molecule has 92 valence electrons. The number of nitro benzene ring substituents is 1. The lowest BCUT2D eigenvalue weighted by molar-refractivity contribution is -0.384. The van der Waals surface area contributed by atoms with Gasteiger partial charge in [-0.05, 0) is 44.0 Å². The molecule has 0 bridgehead atoms. The lowest BCUT2D eigenvalue weighted by Crippen LogP contribution is -1.98. The average Bonchev–Trinajstić information content (AvgIpc) is 2.65. The van der Waals surface area contributed by atoms with Crippen LogP contribution in [0.15, 0.2) is 39.4 Å². The number of carbonyl (C=O) groups excluding carboxylic acids is 1. The van der Waals surface area contributed by atoms with E-state index < -0.39 is 4.92 Å². The molecule has 0 radical (unpaired) electrons. The molecule has 0 aliphatic rings. The van der Waals surface area contributed by atoms with Crippen LogP contribution in [0.5, 0.6) is 0 Å². The highest BCUT2D eigenvalue weighted by atomic mass is 79.9. The summed E-state index contributed by atoms with van der Waals surface area (Å²) in [5.41, 5.74) is 1.13. The smallest absolute Gasteiger partial charge is 0.269 e. The van der Waals surface area contributed by atoms with Gasteiger partial charge in [0.15, 0.2) is 6.29 Å². The van der Waals surface area contributed by atoms with Crippen molar-refractivity contribution in [2.24, 2.45) is 0 Å². The number of halogens is 2. The molecule has 0 aliphatic heterocycles. The zero-order chi connectivity index (χ0) is 13.3. The van der Waals surface area contributed by atoms with Crippen LogP contribution < -0.4 is 0 Å². The van der Waals surface area contributed by atoms with Crippen LogP contribution in [0.4, 0.5) is 5.69 Å². The number of aldehydes is 1. The van der Waals surface area contributed by atoms with Crippen molar-refractivity contribution in [3.05, 3.63) is 55.2 Å². The molecule has 0 saturated carbocycles. The second-order valence-corrected chi connectivity index (χ2v) is 5.08. The van der Waals surface area contributed by atoms with Crippen molar-refractivity contribution >= 4 is 43.8 Å². The van der Waals surface area contributed by atoms with Crippen molar-refractivity contribution in [3.63, 3.8) is 0 Å². The van der Waals surface area contributed by atoms with Gasteiger partial charge in [0, 0.05) is 24.0 Å². The summed E-state index contributed by atoms with van der Waals surface area (Å²) in [4.78, 5) is 21.1. The van der Waals surface area contributed by atoms with E-state index in [4.69, 9.17) is 0 Å². The van der Waals surface area contributed by atoms with E-state index in [9.17, 15) is 14.9 Å². The molecule has 0 fully saturated rings. The van der Waals surface area contributed by atoms with Crippen molar-refractivity contribution in [3.8, 4) is 5.69 Å². The van der Waals surface area contributed by atoms with Gasteiger partial charge in [-0.1, -0.05) is 0 Å². The molecule has 0 spiro atoms. The third kappa shape index (κ3) is 2.23. The maximum atomic E-state index is 11.0. The van der Waals surface area contributed by atoms with Gasteiger partial charge in [0.05, 0.1) is 13.9 Å². The number of aromatic nitrogens is 1. The van der Waals surface area contributed by atoms with Gasteiger partial charge in [-0.3, -0.25) is 14.9 Å². The predicted molar refractivity (Wildman–Crippen MR) is 73.2 cm³/mol. The fourth-order valence-corrected chi connectivity index (χ4v) is 2.32. The fraction of sp³-hybridized carbons (Fsp3) is 0. The van der Waals surface area contributed by atoms with E-state index in [1.165, 1.54) is 12.1 Å². The Kier molecular flexibility index (Phi) is 3.63. The number of non-ortho nitro benzene ring substituents is 1. The maximum absolute atomic E-state index is 11.0. The third-order valence-electron chi connectivity index (χ3n) is 2.39. The lowest BCUT2D eigenvalue weighted by atomic mass is 10.3. The molecule has 0 N–H and O–H groups in total. The Bertz CT molecular complexity index is 620. The summed E-state index contributed by atoms with van der Waals surface area (Å²) in [5.74, 6) is 0. The average molecular weight is 374 g/mol. The summed E-state index contributed by atoms with van der Waals surface area (Å²) in [6.07, 6.45) is 2.44. The molecule has 0 unspecified atom stereocenters. The highest BCUT2D eigenvalue weighted by molar-refractivity contribution is 9.13. The first-order valence-electron chi connectivity index (χ1n) is 4.81. The number of rotatable bonds is 3. The molecule has 0 amide bonds. The van der Waals surface area contributed by atoms with Crippen LogP contribution in [0.1, 0.15) is 10.5 Å². The normalized spacial score (nSPS) is 10.3. The van der Waals surface area contributed by atoms with E-state index in [1.54, 1.807) is 22.9 Å². The van der Waals surface area contributed by atoms with Gasteiger partial charge in [-0.2, -0.15) is 0 Å². The number of nitrogens with zero attached hydrogens (tertiary/aromatic N) is 2. The lowest BCUT2D eigenvalue weighted by Gasteiger charge is -2.04. The van der Waals surface area contributed by atoms with Gasteiger partial charge in [0.1, 0.15) is 5.69 Å². The maximum Gasteiger partial charge on any atom is 0.269 e. The Labute approximate surface area is 119 Å². The zero-order valence-corrected chi connectivity index (χ0v) is 12.0. The molecule has 2 aromatic rings. The van der Waals surface area contributed by atoms with Gasteiger partial charge < -0.3 is 4.57 Å². The van der Waals surface area contributed by atoms with E-state index in [2.05, 4.69) is 31.9 Å². The van der Waals surface area contributed by atoms with Crippen LogP contribution in [0.2, 0.25) is 0 Å². The second-order valence-electron chi connectivity index (χ2n) is 3.44. The summed E-state index contributed by atoms with van der Waals surface area (Å²) in [6.45, 7) is 0. The molecule has 5 nitrogen and oxygen atoms in total. The highest BCUT2D eigenvalue weighted by Crippen LogP contribution is 2.30. The Morgan fingerprint density at radius 3 is 2.33 bits per heavy atom. The van der Waals surface area contributed by atoms with E-state index in [0.717, 1.165) is 10.8 Å². The van der Waals surface area contributed by atoms with Gasteiger partial charge in [0.25, 0.3) is 5.69 Å². The first-order valence-corrected chi connectivity index (χ1v) is 6.39. The van der Waals surface area contributed by atoms with Crippen LogP contribution in [-0.2, 0) is 0 Å². The molecule has 0 atom stereocenters. The molecule has 0 saturated heterocycles. The molecular weight excluding hydrogens is 368 g/mol. The number of carbonyl (C=O) groups is 1. The molecule has 1 aromatic heterocycles. The van der Waals surface area contributed by atoms with Gasteiger partial charge in [-0.15, -0.1) is 0 Å². The minimum atomic E-state index is -0.466. The van der Waals surface area contributed by atoms with E-state index in [0.29, 0.717) is 15.9 Å². The number of benzene rings is 1. The molecule has 2 rings (SSSR count). The molecule has 7 heteroatoms. The van der Waals surface area contributed by atoms with Crippen molar-refractivity contribution in [1.82, 2.24) is 4.57 Å². The van der Waals surface area contributed by atoms with Crippen molar-refractivity contribution < 1.29 is 9.72 Å². The molecule has 1 heterocycles. The Balaban J connectivity index is 2.52.